The topological polar surface area (TPSA) is 18.5 Å². The van der Waals surface area contributed by atoms with Gasteiger partial charge in [0.1, 0.15) is 0 Å². The van der Waals surface area contributed by atoms with Crippen molar-refractivity contribution < 1.29 is 61.5 Å². The standard InChI is InChI=1S/C10H12F12O2Si/c1-23-25(24-2)3-4(11)7(15,16)9(19,20)10(21,22)8(17,18)5(12)6(13)14/h4-6,25H,3H2,1-2H3. The van der Waals surface area contributed by atoms with Crippen LogP contribution in [0.25, 0.3) is 0 Å². The Balaban J connectivity index is 5.83. The number of alkyl halides is 12. The summed E-state index contributed by atoms with van der Waals surface area (Å²) in [6.07, 6.45) is -14.2. The van der Waals surface area contributed by atoms with Crippen molar-refractivity contribution in [1.82, 2.24) is 0 Å². The average Bonchev–Trinajstić information content (AvgIpc) is 2.50. The highest BCUT2D eigenvalue weighted by Crippen LogP contribution is 2.56. The van der Waals surface area contributed by atoms with E-state index in [-0.39, 0.29) is 0 Å². The molecule has 0 aromatic carbocycles. The molecule has 2 nitrogen and oxygen atoms in total. The van der Waals surface area contributed by atoms with E-state index in [1.54, 1.807) is 0 Å². The summed E-state index contributed by atoms with van der Waals surface area (Å²) in [7, 11) is -1.78. The smallest absolute Gasteiger partial charge is 0.381 e. The van der Waals surface area contributed by atoms with Crippen LogP contribution in [0.5, 0.6) is 0 Å². The van der Waals surface area contributed by atoms with Crippen molar-refractivity contribution >= 4 is 9.28 Å². The van der Waals surface area contributed by atoms with Gasteiger partial charge in [0.25, 0.3) is 6.43 Å². The first-order valence-corrected chi connectivity index (χ1v) is 7.91. The minimum absolute atomic E-state index is 0.794. The zero-order valence-electron chi connectivity index (χ0n) is 12.4. The van der Waals surface area contributed by atoms with Gasteiger partial charge in [-0.1, -0.05) is 0 Å². The Hall–Kier alpha value is -0.703. The zero-order valence-corrected chi connectivity index (χ0v) is 13.5. The Morgan fingerprint density at radius 2 is 1.08 bits per heavy atom. The van der Waals surface area contributed by atoms with Gasteiger partial charge < -0.3 is 8.85 Å². The van der Waals surface area contributed by atoms with Gasteiger partial charge in [0.05, 0.1) is 0 Å². The number of hydrogen-bond acceptors (Lipinski definition) is 2. The van der Waals surface area contributed by atoms with E-state index in [1.165, 1.54) is 0 Å². The molecule has 0 bridgehead atoms. The van der Waals surface area contributed by atoms with E-state index in [4.69, 9.17) is 0 Å². The lowest BCUT2D eigenvalue weighted by molar-refractivity contribution is -0.387. The van der Waals surface area contributed by atoms with Crippen LogP contribution in [0.3, 0.4) is 0 Å². The van der Waals surface area contributed by atoms with Gasteiger partial charge in [-0.2, -0.15) is 35.1 Å². The quantitative estimate of drug-likeness (QED) is 0.393. The van der Waals surface area contributed by atoms with E-state index in [2.05, 4.69) is 8.85 Å². The predicted molar refractivity (Wildman–Crippen MR) is 61.6 cm³/mol. The Kier molecular flexibility index (Phi) is 7.67. The molecule has 2 unspecified atom stereocenters. The van der Waals surface area contributed by atoms with Crippen LogP contribution in [0.15, 0.2) is 0 Å². The summed E-state index contributed by atoms with van der Waals surface area (Å²) in [6.45, 7) is 0. The molecule has 0 N–H and O–H groups in total. The van der Waals surface area contributed by atoms with Crippen molar-refractivity contribution in [2.45, 2.75) is 48.5 Å². The summed E-state index contributed by atoms with van der Waals surface area (Å²) in [5, 5.41) is 0. The van der Waals surface area contributed by atoms with Crippen LogP contribution in [-0.2, 0) is 8.85 Å². The van der Waals surface area contributed by atoms with Crippen LogP contribution >= 0.6 is 0 Å². The van der Waals surface area contributed by atoms with Gasteiger partial charge in [-0.25, -0.2) is 17.6 Å². The van der Waals surface area contributed by atoms with Crippen LogP contribution in [0.4, 0.5) is 52.7 Å². The maximum Gasteiger partial charge on any atom is 0.381 e. The van der Waals surface area contributed by atoms with Gasteiger partial charge in [-0.15, -0.1) is 0 Å². The molecule has 0 saturated carbocycles. The molecule has 0 radical (unpaired) electrons. The van der Waals surface area contributed by atoms with Crippen LogP contribution < -0.4 is 0 Å². The molecule has 0 heterocycles. The van der Waals surface area contributed by atoms with Gasteiger partial charge in [-0.05, 0) is 0 Å². The monoisotopic (exact) mass is 420 g/mol. The summed E-state index contributed by atoms with van der Waals surface area (Å²) < 4.78 is 164. The number of hydrogen-bond donors (Lipinski definition) is 0. The van der Waals surface area contributed by atoms with Crippen LogP contribution in [-0.4, -0.2) is 66.0 Å². The molecule has 2 atom stereocenters. The Bertz CT molecular complexity index is 428. The van der Waals surface area contributed by atoms with Gasteiger partial charge in [0, 0.05) is 20.3 Å². The first-order valence-electron chi connectivity index (χ1n) is 6.15. The van der Waals surface area contributed by atoms with Crippen molar-refractivity contribution in [3.63, 3.8) is 0 Å². The molecule has 0 aliphatic rings. The Morgan fingerprint density at radius 3 is 1.40 bits per heavy atom. The summed E-state index contributed by atoms with van der Waals surface area (Å²) in [6, 6.07) is -1.66. The third-order valence-electron chi connectivity index (χ3n) is 3.12. The maximum absolute atomic E-state index is 13.4. The lowest BCUT2D eigenvalue weighted by atomic mass is 9.93. The van der Waals surface area contributed by atoms with Crippen molar-refractivity contribution in [2.75, 3.05) is 14.2 Å². The molecule has 0 aliphatic heterocycles. The fourth-order valence-corrected chi connectivity index (χ4v) is 2.76. The number of halogens is 12. The Morgan fingerprint density at radius 1 is 0.720 bits per heavy atom. The minimum Gasteiger partial charge on any atom is -0.400 e. The predicted octanol–water partition coefficient (Wildman–Crippen LogP) is 3.98. The second-order valence-corrected chi connectivity index (χ2v) is 7.01. The molecule has 152 valence electrons. The minimum atomic E-state index is -7.33. The fourth-order valence-electron chi connectivity index (χ4n) is 1.55. The highest BCUT2D eigenvalue weighted by molar-refractivity contribution is 6.44. The fraction of sp³-hybridized carbons (Fsp3) is 1.00. The summed E-state index contributed by atoms with van der Waals surface area (Å²) >= 11 is 0. The third-order valence-corrected chi connectivity index (χ3v) is 4.97. The zero-order chi connectivity index (χ0) is 20.4. The largest absolute Gasteiger partial charge is 0.400 e. The molecule has 0 amide bonds. The van der Waals surface area contributed by atoms with Gasteiger partial charge in [0.2, 0.25) is 6.17 Å². The van der Waals surface area contributed by atoms with Crippen molar-refractivity contribution in [3.8, 4) is 0 Å². The molecular formula is C10H12F12O2Si. The second-order valence-electron chi connectivity index (χ2n) is 4.74. The van der Waals surface area contributed by atoms with Crippen molar-refractivity contribution in [1.29, 1.82) is 0 Å². The van der Waals surface area contributed by atoms with E-state index in [0.29, 0.717) is 0 Å². The lowest BCUT2D eigenvalue weighted by Crippen LogP contribution is -2.67. The number of rotatable bonds is 10. The molecule has 0 saturated heterocycles. The summed E-state index contributed by atoms with van der Waals surface area (Å²) in [5.74, 6) is -27.9. The third kappa shape index (κ3) is 4.18. The lowest BCUT2D eigenvalue weighted by Gasteiger charge is -2.38. The molecular weight excluding hydrogens is 408 g/mol. The highest BCUT2D eigenvalue weighted by atomic mass is 28.3. The summed E-state index contributed by atoms with van der Waals surface area (Å²) in [5.41, 5.74) is 0. The SMILES string of the molecule is CO[SiH](CC(F)C(F)(F)C(F)(F)C(F)(F)C(F)(F)C(F)C(F)F)OC. The van der Waals surface area contributed by atoms with Crippen molar-refractivity contribution in [3.05, 3.63) is 0 Å². The van der Waals surface area contributed by atoms with E-state index >= 15 is 0 Å². The van der Waals surface area contributed by atoms with Crippen LogP contribution in [0.2, 0.25) is 6.04 Å². The van der Waals surface area contributed by atoms with E-state index in [1.807, 2.05) is 0 Å². The molecule has 0 rings (SSSR count). The maximum atomic E-state index is 13.4. The van der Waals surface area contributed by atoms with E-state index < -0.39 is 57.8 Å². The highest BCUT2D eigenvalue weighted by Gasteiger charge is 2.84. The van der Waals surface area contributed by atoms with Gasteiger partial charge in [-0.3, -0.25) is 0 Å². The average molecular weight is 420 g/mol. The first-order chi connectivity index (χ1) is 11.0. The normalized spacial score (nSPS) is 17.3. The van der Waals surface area contributed by atoms with Crippen LogP contribution in [0, 0.1) is 0 Å². The van der Waals surface area contributed by atoms with Crippen molar-refractivity contribution in [2.24, 2.45) is 0 Å². The summed E-state index contributed by atoms with van der Waals surface area (Å²) in [4.78, 5) is 0. The molecule has 0 fully saturated rings. The van der Waals surface area contributed by atoms with Gasteiger partial charge in [0.15, 0.2) is 6.17 Å². The Labute approximate surface area is 134 Å². The molecule has 0 aromatic rings. The molecule has 0 aliphatic carbocycles. The van der Waals surface area contributed by atoms with Gasteiger partial charge >= 0.3 is 33.0 Å². The molecule has 25 heavy (non-hydrogen) atoms. The second kappa shape index (κ2) is 7.90. The van der Waals surface area contributed by atoms with E-state index in [0.717, 1.165) is 14.2 Å². The first kappa shape index (κ1) is 24.3. The van der Waals surface area contributed by atoms with Crippen LogP contribution in [0.1, 0.15) is 0 Å². The molecule has 0 spiro atoms. The van der Waals surface area contributed by atoms with E-state index in [9.17, 15) is 52.7 Å². The molecule has 15 heteroatoms. The molecule has 0 aromatic heterocycles.